The lowest BCUT2D eigenvalue weighted by atomic mass is 9.73. The molecule has 1 saturated heterocycles. The van der Waals surface area contributed by atoms with Gasteiger partial charge in [0, 0.05) is 19.8 Å². The summed E-state index contributed by atoms with van der Waals surface area (Å²) in [5.41, 5.74) is 5.81. The lowest BCUT2D eigenvalue weighted by Gasteiger charge is -2.36. The van der Waals surface area contributed by atoms with Crippen molar-refractivity contribution in [1.82, 2.24) is 5.32 Å². The third-order valence-electron chi connectivity index (χ3n) is 4.19. The van der Waals surface area contributed by atoms with Crippen LogP contribution in [-0.4, -0.2) is 32.2 Å². The highest BCUT2D eigenvalue weighted by Gasteiger charge is 2.41. The predicted molar refractivity (Wildman–Crippen MR) is 86.6 cm³/mol. The van der Waals surface area contributed by atoms with Crippen LogP contribution in [0.25, 0.3) is 0 Å². The molecule has 1 aromatic carbocycles. The zero-order valence-electron chi connectivity index (χ0n) is 12.8. The predicted octanol–water partition coefficient (Wildman–Crippen LogP) is 2.01. The Labute approximate surface area is 137 Å². The summed E-state index contributed by atoms with van der Waals surface area (Å²) < 4.78 is 18.5. The summed E-state index contributed by atoms with van der Waals surface area (Å²) in [4.78, 5) is 12.7. The molecule has 0 spiro atoms. The molecule has 0 bridgehead atoms. The average Bonchev–Trinajstić information content (AvgIpc) is 2.53. The Morgan fingerprint density at radius 3 is 2.50 bits per heavy atom. The lowest BCUT2D eigenvalue weighted by molar-refractivity contribution is -0.130. The van der Waals surface area contributed by atoms with Crippen LogP contribution in [-0.2, 0) is 14.9 Å². The van der Waals surface area contributed by atoms with Gasteiger partial charge in [-0.25, -0.2) is 4.39 Å². The maximum absolute atomic E-state index is 13.1. The van der Waals surface area contributed by atoms with Gasteiger partial charge < -0.3 is 15.8 Å². The van der Waals surface area contributed by atoms with Crippen molar-refractivity contribution in [2.45, 2.75) is 25.2 Å². The minimum Gasteiger partial charge on any atom is -0.381 e. The number of nitrogens with two attached hydrogens (primary N) is 1. The monoisotopic (exact) mass is 330 g/mol. The van der Waals surface area contributed by atoms with Gasteiger partial charge in [0.2, 0.25) is 5.91 Å². The van der Waals surface area contributed by atoms with Crippen molar-refractivity contribution in [1.29, 1.82) is 0 Å². The van der Waals surface area contributed by atoms with Crippen molar-refractivity contribution in [2.75, 3.05) is 26.3 Å². The summed E-state index contributed by atoms with van der Waals surface area (Å²) in [7, 11) is 0. The Bertz CT molecular complexity index is 476. The second-order valence-electron chi connectivity index (χ2n) is 5.75. The van der Waals surface area contributed by atoms with Crippen LogP contribution >= 0.6 is 12.4 Å². The number of carbonyl (C=O) groups is 1. The fraction of sp³-hybridized carbons (Fsp3) is 0.562. The molecule has 1 aliphatic heterocycles. The van der Waals surface area contributed by atoms with Crippen LogP contribution in [0.15, 0.2) is 24.3 Å². The molecule has 0 saturated carbocycles. The number of nitrogens with one attached hydrogen (secondary N) is 1. The Hall–Kier alpha value is -1.17. The highest BCUT2D eigenvalue weighted by atomic mass is 35.5. The van der Waals surface area contributed by atoms with Gasteiger partial charge in [-0.05, 0) is 43.0 Å². The molecule has 124 valence electrons. The molecule has 1 atom stereocenters. The van der Waals surface area contributed by atoms with Crippen LogP contribution in [0.3, 0.4) is 0 Å². The third kappa shape index (κ3) is 4.18. The van der Waals surface area contributed by atoms with Crippen molar-refractivity contribution < 1.29 is 13.9 Å². The SMILES string of the molecule is CC(CN)CNC(=O)C1(c2ccc(F)cc2)CCOCC1.Cl. The molecule has 0 aromatic heterocycles. The normalized spacial score (nSPS) is 18.1. The largest absolute Gasteiger partial charge is 0.381 e. The molecule has 4 nitrogen and oxygen atoms in total. The fourth-order valence-corrected chi connectivity index (χ4v) is 2.66. The molecule has 1 heterocycles. The summed E-state index contributed by atoms with van der Waals surface area (Å²) in [6, 6.07) is 6.21. The van der Waals surface area contributed by atoms with Crippen LogP contribution in [0.1, 0.15) is 25.3 Å². The van der Waals surface area contributed by atoms with Crippen molar-refractivity contribution in [3.63, 3.8) is 0 Å². The molecule has 1 amide bonds. The van der Waals surface area contributed by atoms with Crippen molar-refractivity contribution in [3.8, 4) is 0 Å². The van der Waals surface area contributed by atoms with E-state index in [1.54, 1.807) is 12.1 Å². The number of hydrogen-bond acceptors (Lipinski definition) is 3. The van der Waals surface area contributed by atoms with Crippen molar-refractivity contribution in [3.05, 3.63) is 35.6 Å². The molecule has 1 aliphatic rings. The van der Waals surface area contributed by atoms with E-state index < -0.39 is 5.41 Å². The van der Waals surface area contributed by atoms with E-state index in [-0.39, 0.29) is 30.0 Å². The number of amides is 1. The van der Waals surface area contributed by atoms with Crippen molar-refractivity contribution >= 4 is 18.3 Å². The number of halogens is 2. The molecule has 0 radical (unpaired) electrons. The van der Waals surface area contributed by atoms with E-state index >= 15 is 0 Å². The van der Waals surface area contributed by atoms with Gasteiger partial charge >= 0.3 is 0 Å². The highest BCUT2D eigenvalue weighted by Crippen LogP contribution is 2.35. The molecule has 22 heavy (non-hydrogen) atoms. The number of rotatable bonds is 5. The minimum atomic E-state index is -0.625. The van der Waals surface area contributed by atoms with Gasteiger partial charge in [-0.3, -0.25) is 4.79 Å². The molecule has 2 rings (SSSR count). The zero-order valence-corrected chi connectivity index (χ0v) is 13.6. The van der Waals surface area contributed by atoms with E-state index in [9.17, 15) is 9.18 Å². The summed E-state index contributed by atoms with van der Waals surface area (Å²) >= 11 is 0. The van der Waals surface area contributed by atoms with Crippen LogP contribution in [0.5, 0.6) is 0 Å². The summed E-state index contributed by atoms with van der Waals surface area (Å²) in [5.74, 6) is -0.0742. The van der Waals surface area contributed by atoms with E-state index in [2.05, 4.69) is 5.32 Å². The fourth-order valence-electron chi connectivity index (χ4n) is 2.66. The first kappa shape index (κ1) is 18.9. The number of carbonyl (C=O) groups excluding carboxylic acids is 1. The molecule has 1 fully saturated rings. The van der Waals surface area contributed by atoms with E-state index in [0.717, 1.165) is 5.56 Å². The summed E-state index contributed by atoms with van der Waals surface area (Å²) in [6.07, 6.45) is 1.23. The molecular formula is C16H24ClFN2O2. The number of ether oxygens (including phenoxy) is 1. The van der Waals surface area contributed by atoms with Crippen LogP contribution in [0, 0.1) is 11.7 Å². The van der Waals surface area contributed by atoms with Gasteiger partial charge in [0.15, 0.2) is 0 Å². The Morgan fingerprint density at radius 2 is 1.95 bits per heavy atom. The zero-order chi connectivity index (χ0) is 15.3. The van der Waals surface area contributed by atoms with Gasteiger partial charge in [-0.15, -0.1) is 12.4 Å². The van der Waals surface area contributed by atoms with E-state index in [1.165, 1.54) is 12.1 Å². The maximum Gasteiger partial charge on any atom is 0.230 e. The van der Waals surface area contributed by atoms with E-state index in [1.807, 2.05) is 6.92 Å². The molecule has 3 N–H and O–H groups in total. The molecular weight excluding hydrogens is 307 g/mol. The third-order valence-corrected chi connectivity index (χ3v) is 4.19. The first-order valence-electron chi connectivity index (χ1n) is 7.40. The lowest BCUT2D eigenvalue weighted by Crippen LogP contribution is -2.49. The standard InChI is InChI=1S/C16H23FN2O2.ClH/c1-12(10-18)11-19-15(20)16(6-8-21-9-7-16)13-2-4-14(17)5-3-13;/h2-5,12H,6-11,18H2,1H3,(H,19,20);1H. The second-order valence-corrected chi connectivity index (χ2v) is 5.75. The quantitative estimate of drug-likeness (QED) is 0.868. The number of benzene rings is 1. The average molecular weight is 331 g/mol. The van der Waals surface area contributed by atoms with Gasteiger partial charge in [-0.2, -0.15) is 0 Å². The Morgan fingerprint density at radius 1 is 1.36 bits per heavy atom. The van der Waals surface area contributed by atoms with E-state index in [0.29, 0.717) is 39.1 Å². The van der Waals surface area contributed by atoms with E-state index in [4.69, 9.17) is 10.5 Å². The smallest absolute Gasteiger partial charge is 0.230 e. The molecule has 1 aromatic rings. The topological polar surface area (TPSA) is 64.3 Å². The van der Waals surface area contributed by atoms with Gasteiger partial charge in [-0.1, -0.05) is 19.1 Å². The van der Waals surface area contributed by atoms with Crippen LogP contribution < -0.4 is 11.1 Å². The second kappa shape index (κ2) is 8.46. The van der Waals surface area contributed by atoms with Gasteiger partial charge in [0.1, 0.15) is 5.82 Å². The first-order valence-corrected chi connectivity index (χ1v) is 7.40. The molecule has 6 heteroatoms. The van der Waals surface area contributed by atoms with Crippen LogP contribution in [0.4, 0.5) is 4.39 Å². The summed E-state index contributed by atoms with van der Waals surface area (Å²) in [5, 5.41) is 2.99. The van der Waals surface area contributed by atoms with Crippen molar-refractivity contribution in [2.24, 2.45) is 11.7 Å². The summed E-state index contributed by atoms with van der Waals surface area (Å²) in [6.45, 7) is 4.16. The van der Waals surface area contributed by atoms with Gasteiger partial charge in [0.05, 0.1) is 5.41 Å². The molecule has 1 unspecified atom stereocenters. The number of hydrogen-bond donors (Lipinski definition) is 2. The maximum atomic E-state index is 13.1. The van der Waals surface area contributed by atoms with Gasteiger partial charge in [0.25, 0.3) is 0 Å². The Balaban J connectivity index is 0.00000242. The highest BCUT2D eigenvalue weighted by molar-refractivity contribution is 5.88. The first-order chi connectivity index (χ1) is 10.1. The minimum absolute atomic E-state index is 0. The van der Waals surface area contributed by atoms with Crippen LogP contribution in [0.2, 0.25) is 0 Å². The Kier molecular flexibility index (Phi) is 7.26. The molecule has 0 aliphatic carbocycles.